The Morgan fingerprint density at radius 2 is 2.12 bits per heavy atom. The fourth-order valence-electron chi connectivity index (χ4n) is 1.73. The zero-order valence-corrected chi connectivity index (χ0v) is 11.4. The van der Waals surface area contributed by atoms with Gasteiger partial charge in [-0.1, -0.05) is 6.92 Å². The summed E-state index contributed by atoms with van der Waals surface area (Å²) in [4.78, 5) is 4.18. The second-order valence-electron chi connectivity index (χ2n) is 4.71. The summed E-state index contributed by atoms with van der Waals surface area (Å²) in [6.07, 6.45) is 6.01. The number of nitrogens with one attached hydrogen (secondary N) is 1. The molecule has 0 aliphatic heterocycles. The molecule has 1 aromatic rings. The lowest BCUT2D eigenvalue weighted by Crippen LogP contribution is -2.29. The maximum absolute atomic E-state index is 5.78. The van der Waals surface area contributed by atoms with Gasteiger partial charge in [0.25, 0.3) is 0 Å². The van der Waals surface area contributed by atoms with Gasteiger partial charge >= 0.3 is 0 Å². The van der Waals surface area contributed by atoms with E-state index in [1.165, 1.54) is 5.56 Å². The van der Waals surface area contributed by atoms with E-state index in [0.717, 1.165) is 25.1 Å². The molecule has 1 rings (SSSR count). The fraction of sp³-hybridized carbons (Fsp3) is 0.643. The van der Waals surface area contributed by atoms with Gasteiger partial charge in [-0.2, -0.15) is 0 Å². The summed E-state index contributed by atoms with van der Waals surface area (Å²) in [6, 6.07) is 2.40. The van der Waals surface area contributed by atoms with Crippen LogP contribution in [0, 0.1) is 0 Å². The number of ether oxygens (including phenoxy) is 1. The smallest absolute Gasteiger partial charge is 0.126 e. The first-order valence-corrected chi connectivity index (χ1v) is 6.46. The molecule has 0 spiro atoms. The quantitative estimate of drug-likeness (QED) is 0.790. The highest BCUT2D eigenvalue weighted by molar-refractivity contribution is 5.30. The molecule has 3 nitrogen and oxygen atoms in total. The molecular formula is C14H24N2O. The van der Waals surface area contributed by atoms with Crippen molar-refractivity contribution < 1.29 is 4.74 Å². The first-order chi connectivity index (χ1) is 8.13. The van der Waals surface area contributed by atoms with Crippen LogP contribution in [-0.4, -0.2) is 23.7 Å². The minimum absolute atomic E-state index is 0.204. The van der Waals surface area contributed by atoms with E-state index in [0.29, 0.717) is 6.04 Å². The van der Waals surface area contributed by atoms with Crippen LogP contribution in [0.3, 0.4) is 0 Å². The van der Waals surface area contributed by atoms with Crippen molar-refractivity contribution in [1.29, 1.82) is 0 Å². The molecule has 17 heavy (non-hydrogen) atoms. The average Bonchev–Trinajstić information content (AvgIpc) is 2.28. The molecule has 0 aliphatic carbocycles. The summed E-state index contributed by atoms with van der Waals surface area (Å²) >= 11 is 0. The standard InChI is InChI=1S/C14H24N2O/c1-5-7-16-12(4)9-13-10-15-8-6-14(13)17-11(2)3/h6,8,10-12,16H,5,7,9H2,1-4H3/t12-/m1/s1. The van der Waals surface area contributed by atoms with E-state index >= 15 is 0 Å². The maximum atomic E-state index is 5.78. The van der Waals surface area contributed by atoms with Crippen LogP contribution in [0.1, 0.15) is 39.7 Å². The SMILES string of the molecule is CCCN[C@H](C)Cc1cnccc1OC(C)C. The van der Waals surface area contributed by atoms with Crippen molar-refractivity contribution in [3.8, 4) is 5.75 Å². The third-order valence-electron chi connectivity index (χ3n) is 2.49. The number of nitrogens with zero attached hydrogens (tertiary/aromatic N) is 1. The minimum atomic E-state index is 0.204. The Hall–Kier alpha value is -1.09. The van der Waals surface area contributed by atoms with Gasteiger partial charge in [-0.3, -0.25) is 4.98 Å². The van der Waals surface area contributed by atoms with Gasteiger partial charge in [-0.25, -0.2) is 0 Å². The molecule has 0 saturated heterocycles. The van der Waals surface area contributed by atoms with Crippen molar-refractivity contribution in [2.45, 2.75) is 52.7 Å². The van der Waals surface area contributed by atoms with E-state index in [4.69, 9.17) is 4.74 Å². The van der Waals surface area contributed by atoms with E-state index in [1.54, 1.807) is 6.20 Å². The summed E-state index contributed by atoms with van der Waals surface area (Å²) < 4.78 is 5.78. The highest BCUT2D eigenvalue weighted by atomic mass is 16.5. The van der Waals surface area contributed by atoms with E-state index < -0.39 is 0 Å². The Morgan fingerprint density at radius 3 is 2.76 bits per heavy atom. The normalized spacial score (nSPS) is 12.8. The zero-order valence-electron chi connectivity index (χ0n) is 11.4. The largest absolute Gasteiger partial charge is 0.491 e. The van der Waals surface area contributed by atoms with Gasteiger partial charge in [0.2, 0.25) is 0 Å². The van der Waals surface area contributed by atoms with Gasteiger partial charge in [-0.15, -0.1) is 0 Å². The van der Waals surface area contributed by atoms with Crippen LogP contribution >= 0.6 is 0 Å². The van der Waals surface area contributed by atoms with Crippen molar-refractivity contribution in [1.82, 2.24) is 10.3 Å². The minimum Gasteiger partial charge on any atom is -0.491 e. The van der Waals surface area contributed by atoms with E-state index in [9.17, 15) is 0 Å². The molecule has 96 valence electrons. The predicted molar refractivity (Wildman–Crippen MR) is 71.5 cm³/mol. The molecule has 1 heterocycles. The number of hydrogen-bond acceptors (Lipinski definition) is 3. The van der Waals surface area contributed by atoms with Gasteiger partial charge in [0.15, 0.2) is 0 Å². The molecule has 0 aromatic carbocycles. The number of pyridine rings is 1. The monoisotopic (exact) mass is 236 g/mol. The topological polar surface area (TPSA) is 34.2 Å². The molecule has 1 N–H and O–H groups in total. The third-order valence-corrected chi connectivity index (χ3v) is 2.49. The summed E-state index contributed by atoms with van der Waals surface area (Å²) in [5, 5.41) is 3.48. The van der Waals surface area contributed by atoms with Crippen molar-refractivity contribution >= 4 is 0 Å². The number of rotatable bonds is 7. The molecule has 0 saturated carbocycles. The number of hydrogen-bond donors (Lipinski definition) is 1. The van der Waals surface area contributed by atoms with Gasteiger partial charge < -0.3 is 10.1 Å². The van der Waals surface area contributed by atoms with Crippen LogP contribution in [0.5, 0.6) is 5.75 Å². The lowest BCUT2D eigenvalue weighted by Gasteiger charge is -2.17. The highest BCUT2D eigenvalue weighted by Gasteiger charge is 2.09. The molecule has 3 heteroatoms. The second-order valence-corrected chi connectivity index (χ2v) is 4.71. The molecule has 0 radical (unpaired) electrons. The predicted octanol–water partition coefficient (Wildman–Crippen LogP) is 2.80. The average molecular weight is 236 g/mol. The van der Waals surface area contributed by atoms with Gasteiger partial charge in [-0.05, 0) is 46.2 Å². The molecule has 0 bridgehead atoms. The Bertz CT molecular complexity index is 326. The number of aromatic nitrogens is 1. The van der Waals surface area contributed by atoms with E-state index in [1.807, 2.05) is 26.1 Å². The first kappa shape index (κ1) is 14.0. The van der Waals surface area contributed by atoms with Crippen LogP contribution in [0.2, 0.25) is 0 Å². The van der Waals surface area contributed by atoms with Gasteiger partial charge in [0.1, 0.15) is 5.75 Å². The highest BCUT2D eigenvalue weighted by Crippen LogP contribution is 2.19. The third kappa shape index (κ3) is 5.18. The van der Waals surface area contributed by atoms with Crippen LogP contribution in [0.25, 0.3) is 0 Å². The summed E-state index contributed by atoms with van der Waals surface area (Å²) in [7, 11) is 0. The fourth-order valence-corrected chi connectivity index (χ4v) is 1.73. The van der Waals surface area contributed by atoms with E-state index in [2.05, 4.69) is 24.1 Å². The zero-order chi connectivity index (χ0) is 12.7. The first-order valence-electron chi connectivity index (χ1n) is 6.46. The molecule has 0 unspecified atom stereocenters. The summed E-state index contributed by atoms with van der Waals surface area (Å²) in [5.41, 5.74) is 1.18. The van der Waals surface area contributed by atoms with Crippen molar-refractivity contribution in [2.75, 3.05) is 6.54 Å². The molecule has 0 aliphatic rings. The molecule has 0 fully saturated rings. The van der Waals surface area contributed by atoms with Crippen LogP contribution in [0.15, 0.2) is 18.5 Å². The lowest BCUT2D eigenvalue weighted by atomic mass is 10.1. The van der Waals surface area contributed by atoms with Gasteiger partial charge in [0, 0.05) is 24.0 Å². The Morgan fingerprint density at radius 1 is 1.35 bits per heavy atom. The van der Waals surface area contributed by atoms with Crippen molar-refractivity contribution in [3.05, 3.63) is 24.0 Å². The Labute approximate surface area is 105 Å². The van der Waals surface area contributed by atoms with Gasteiger partial charge in [0.05, 0.1) is 6.10 Å². The van der Waals surface area contributed by atoms with Crippen molar-refractivity contribution in [2.24, 2.45) is 0 Å². The van der Waals surface area contributed by atoms with Crippen LogP contribution in [0.4, 0.5) is 0 Å². The lowest BCUT2D eigenvalue weighted by molar-refractivity contribution is 0.239. The molecule has 0 amide bonds. The second kappa shape index (κ2) is 7.28. The van der Waals surface area contributed by atoms with Crippen LogP contribution < -0.4 is 10.1 Å². The van der Waals surface area contributed by atoms with Crippen LogP contribution in [-0.2, 0) is 6.42 Å². The Balaban J connectivity index is 2.62. The molecular weight excluding hydrogens is 212 g/mol. The Kier molecular flexibility index (Phi) is 5.98. The maximum Gasteiger partial charge on any atom is 0.126 e. The summed E-state index contributed by atoms with van der Waals surface area (Å²) in [5.74, 6) is 0.958. The summed E-state index contributed by atoms with van der Waals surface area (Å²) in [6.45, 7) is 9.52. The van der Waals surface area contributed by atoms with Crippen molar-refractivity contribution in [3.63, 3.8) is 0 Å². The van der Waals surface area contributed by atoms with E-state index in [-0.39, 0.29) is 6.10 Å². The molecule has 1 atom stereocenters. The molecule has 1 aromatic heterocycles.